The third-order valence-corrected chi connectivity index (χ3v) is 4.29. The van der Waals surface area contributed by atoms with E-state index in [1.165, 1.54) is 0 Å². The molecule has 1 aliphatic rings. The summed E-state index contributed by atoms with van der Waals surface area (Å²) in [6.45, 7) is 2.96. The zero-order chi connectivity index (χ0) is 17.2. The highest BCUT2D eigenvalue weighted by Gasteiger charge is 2.25. The maximum Gasteiger partial charge on any atom is 0.322 e. The quantitative estimate of drug-likeness (QED) is 0.797. The Hall–Kier alpha value is -3.15. The number of aromatic nitrogens is 2. The lowest BCUT2D eigenvalue weighted by Gasteiger charge is -2.18. The largest absolute Gasteiger partial charge is 0.339 e. The molecule has 6 heteroatoms. The van der Waals surface area contributed by atoms with Gasteiger partial charge in [-0.05, 0) is 35.7 Å². The first-order valence-electron chi connectivity index (χ1n) is 8.23. The van der Waals surface area contributed by atoms with Crippen LogP contribution in [0.3, 0.4) is 0 Å². The summed E-state index contributed by atoms with van der Waals surface area (Å²) in [5.41, 5.74) is 4.05. The first-order valence-corrected chi connectivity index (χ1v) is 8.23. The topological polar surface area (TPSA) is 71.3 Å². The summed E-state index contributed by atoms with van der Waals surface area (Å²) >= 11 is 0. The second-order valence-electron chi connectivity index (χ2n) is 6.03. The molecule has 2 amide bonds. The Morgan fingerprint density at radius 3 is 2.84 bits per heavy atom. The molecule has 1 N–H and O–H groups in total. The molecule has 0 unspecified atom stereocenters. The van der Waals surface area contributed by atoms with E-state index >= 15 is 0 Å². The van der Waals surface area contributed by atoms with Gasteiger partial charge in [0.25, 0.3) is 0 Å². The van der Waals surface area contributed by atoms with Crippen molar-refractivity contribution in [1.29, 1.82) is 0 Å². The van der Waals surface area contributed by atoms with Crippen molar-refractivity contribution in [2.75, 3.05) is 11.4 Å². The second kappa shape index (κ2) is 6.39. The summed E-state index contributed by atoms with van der Waals surface area (Å²) in [6.07, 6.45) is 0.818. The van der Waals surface area contributed by atoms with E-state index in [4.69, 9.17) is 4.52 Å². The van der Waals surface area contributed by atoms with Crippen molar-refractivity contribution in [2.45, 2.75) is 19.9 Å². The van der Waals surface area contributed by atoms with Crippen molar-refractivity contribution in [2.24, 2.45) is 0 Å². The number of nitrogens with zero attached hydrogens (tertiary/aromatic N) is 3. The van der Waals surface area contributed by atoms with Gasteiger partial charge < -0.3 is 9.84 Å². The Labute approximate surface area is 145 Å². The van der Waals surface area contributed by atoms with Crippen LogP contribution in [0, 0.1) is 6.92 Å². The molecule has 4 rings (SSSR count). The molecular weight excluding hydrogens is 316 g/mol. The van der Waals surface area contributed by atoms with Gasteiger partial charge in [-0.15, -0.1) is 0 Å². The number of nitrogens with one attached hydrogen (secondary N) is 1. The van der Waals surface area contributed by atoms with Crippen LogP contribution in [0.1, 0.15) is 17.0 Å². The second-order valence-corrected chi connectivity index (χ2v) is 6.03. The van der Waals surface area contributed by atoms with Crippen LogP contribution in [0.2, 0.25) is 0 Å². The average Bonchev–Trinajstić information content (AvgIpc) is 3.26. The summed E-state index contributed by atoms with van der Waals surface area (Å²) < 4.78 is 5.04. The number of urea groups is 1. The van der Waals surface area contributed by atoms with Crippen molar-refractivity contribution in [3.8, 4) is 11.4 Å². The number of aryl methyl sites for hydroxylation is 1. The Kier molecular flexibility index (Phi) is 3.93. The highest BCUT2D eigenvalue weighted by molar-refractivity contribution is 5.94. The van der Waals surface area contributed by atoms with E-state index < -0.39 is 0 Å². The van der Waals surface area contributed by atoms with Gasteiger partial charge in [0.05, 0.1) is 0 Å². The molecule has 2 aromatic carbocycles. The van der Waals surface area contributed by atoms with E-state index in [2.05, 4.69) is 15.5 Å². The number of carbonyl (C=O) groups is 1. The Morgan fingerprint density at radius 2 is 2.08 bits per heavy atom. The predicted molar refractivity (Wildman–Crippen MR) is 94.2 cm³/mol. The Balaban J connectivity index is 1.49. The lowest BCUT2D eigenvalue weighted by molar-refractivity contribution is 0.246. The third kappa shape index (κ3) is 3.10. The van der Waals surface area contributed by atoms with Gasteiger partial charge in [0.1, 0.15) is 0 Å². The molecule has 0 aliphatic carbocycles. The molecular formula is C19H18N4O2. The standard InChI is InChI=1S/C19H18N4O2/c1-13-21-18(22-25-13)16-7-8-17-15(11-16)9-10-23(17)19(24)20-12-14-5-3-2-4-6-14/h2-8,11H,9-10,12H2,1H3,(H,20,24). The van der Waals surface area contributed by atoms with Crippen molar-refractivity contribution in [3.05, 3.63) is 65.5 Å². The van der Waals surface area contributed by atoms with Gasteiger partial charge in [-0.1, -0.05) is 35.5 Å². The number of carbonyl (C=O) groups excluding carboxylic acids is 1. The number of fused-ring (bicyclic) bond motifs is 1. The van der Waals surface area contributed by atoms with E-state index in [1.54, 1.807) is 11.8 Å². The van der Waals surface area contributed by atoms with Crippen LogP contribution >= 0.6 is 0 Å². The molecule has 126 valence electrons. The molecule has 2 heterocycles. The van der Waals surface area contributed by atoms with Crippen molar-refractivity contribution < 1.29 is 9.32 Å². The van der Waals surface area contributed by atoms with Crippen LogP contribution in [0.15, 0.2) is 53.1 Å². The van der Waals surface area contributed by atoms with Crippen LogP contribution in [0.25, 0.3) is 11.4 Å². The van der Waals surface area contributed by atoms with Gasteiger partial charge in [-0.3, -0.25) is 4.90 Å². The first-order chi connectivity index (χ1) is 12.2. The summed E-state index contributed by atoms with van der Waals surface area (Å²) in [5, 5.41) is 6.93. The number of hydrogen-bond donors (Lipinski definition) is 1. The monoisotopic (exact) mass is 334 g/mol. The number of rotatable bonds is 3. The van der Waals surface area contributed by atoms with Gasteiger partial charge in [-0.2, -0.15) is 4.98 Å². The lowest BCUT2D eigenvalue weighted by atomic mass is 10.1. The van der Waals surface area contributed by atoms with E-state index in [-0.39, 0.29) is 6.03 Å². The minimum atomic E-state index is -0.0780. The van der Waals surface area contributed by atoms with Gasteiger partial charge in [0.15, 0.2) is 0 Å². The van der Waals surface area contributed by atoms with Crippen LogP contribution < -0.4 is 10.2 Å². The molecule has 0 spiro atoms. The molecule has 0 saturated carbocycles. The zero-order valence-corrected chi connectivity index (χ0v) is 13.9. The summed E-state index contributed by atoms with van der Waals surface area (Å²) in [5.74, 6) is 1.12. The van der Waals surface area contributed by atoms with Crippen molar-refractivity contribution >= 4 is 11.7 Å². The van der Waals surface area contributed by atoms with Gasteiger partial charge >= 0.3 is 6.03 Å². The number of hydrogen-bond acceptors (Lipinski definition) is 4. The fourth-order valence-electron chi connectivity index (χ4n) is 3.04. The molecule has 3 aromatic rings. The van der Waals surface area contributed by atoms with E-state index in [9.17, 15) is 4.79 Å². The van der Waals surface area contributed by atoms with Gasteiger partial charge in [-0.25, -0.2) is 4.79 Å². The summed E-state index contributed by atoms with van der Waals surface area (Å²) in [6, 6.07) is 15.7. The highest BCUT2D eigenvalue weighted by atomic mass is 16.5. The SMILES string of the molecule is Cc1nc(-c2ccc3c(c2)CCN3C(=O)NCc2ccccc2)no1. The fraction of sp³-hybridized carbons (Fsp3) is 0.211. The van der Waals surface area contributed by atoms with E-state index in [0.717, 1.165) is 28.8 Å². The predicted octanol–water partition coefficient (Wildman–Crippen LogP) is 3.32. The maximum atomic E-state index is 12.5. The Bertz CT molecular complexity index is 905. The van der Waals surface area contributed by atoms with Crippen LogP contribution in [-0.4, -0.2) is 22.7 Å². The molecule has 0 radical (unpaired) electrons. The number of benzene rings is 2. The minimum absolute atomic E-state index is 0.0780. The molecule has 0 saturated heterocycles. The highest BCUT2D eigenvalue weighted by Crippen LogP contribution is 2.31. The van der Waals surface area contributed by atoms with Crippen molar-refractivity contribution in [3.63, 3.8) is 0 Å². The normalized spacial score (nSPS) is 12.9. The molecule has 0 fully saturated rings. The summed E-state index contributed by atoms with van der Waals surface area (Å²) in [7, 11) is 0. The molecule has 6 nitrogen and oxygen atoms in total. The minimum Gasteiger partial charge on any atom is -0.339 e. The fourth-order valence-corrected chi connectivity index (χ4v) is 3.04. The van der Waals surface area contributed by atoms with Crippen molar-refractivity contribution in [1.82, 2.24) is 15.5 Å². The van der Waals surface area contributed by atoms with Gasteiger partial charge in [0.2, 0.25) is 11.7 Å². The molecule has 0 bridgehead atoms. The molecule has 0 atom stereocenters. The van der Waals surface area contributed by atoms with Gasteiger partial charge in [0, 0.05) is 31.3 Å². The van der Waals surface area contributed by atoms with Crippen LogP contribution in [0.4, 0.5) is 10.5 Å². The first kappa shape index (κ1) is 15.4. The molecule has 1 aliphatic heterocycles. The molecule has 1 aromatic heterocycles. The number of amides is 2. The van der Waals surface area contributed by atoms with E-state index in [1.807, 2.05) is 48.5 Å². The number of anilines is 1. The smallest absolute Gasteiger partial charge is 0.322 e. The van der Waals surface area contributed by atoms with Crippen LogP contribution in [0.5, 0.6) is 0 Å². The summed E-state index contributed by atoms with van der Waals surface area (Å²) in [4.78, 5) is 18.5. The lowest BCUT2D eigenvalue weighted by Crippen LogP contribution is -2.38. The van der Waals surface area contributed by atoms with E-state index in [0.29, 0.717) is 24.8 Å². The third-order valence-electron chi connectivity index (χ3n) is 4.29. The Morgan fingerprint density at radius 1 is 1.24 bits per heavy atom. The zero-order valence-electron chi connectivity index (χ0n) is 13.9. The van der Waals surface area contributed by atoms with Crippen LogP contribution in [-0.2, 0) is 13.0 Å². The maximum absolute atomic E-state index is 12.5. The molecule has 25 heavy (non-hydrogen) atoms. The average molecular weight is 334 g/mol.